The van der Waals surface area contributed by atoms with Crippen LogP contribution in [-0.4, -0.2) is 0 Å². The van der Waals surface area contributed by atoms with E-state index in [1.54, 1.807) is 0 Å². The molecule has 0 aliphatic rings. The van der Waals surface area contributed by atoms with E-state index in [0.29, 0.717) is 0 Å². The van der Waals surface area contributed by atoms with Crippen LogP contribution in [0.15, 0.2) is 212 Å². The summed E-state index contributed by atoms with van der Waals surface area (Å²) in [4.78, 5) is 2.41. The van der Waals surface area contributed by atoms with Crippen LogP contribution in [0.25, 0.3) is 84.9 Å². The van der Waals surface area contributed by atoms with E-state index in [9.17, 15) is 0 Å². The number of rotatable bonds is 7. The predicted octanol–water partition coefficient (Wildman–Crippen LogP) is 16.6. The maximum Gasteiger partial charge on any atom is 0.0467 e. The highest BCUT2D eigenvalue weighted by atomic mass is 32.1. The van der Waals surface area contributed by atoms with E-state index in [1.807, 2.05) is 22.7 Å². The molecule has 268 valence electrons. The van der Waals surface area contributed by atoms with Crippen LogP contribution in [0, 0.1) is 0 Å². The SMILES string of the molecule is c1ccc(-c2ccccc2-c2ccc(N(c3cccc(-c4cccc5c4sc4ccccc45)c3)c3cccc(-c4cccc5c4sc4ccccc45)c3)cc2)cc1. The smallest absolute Gasteiger partial charge is 0.0467 e. The first kappa shape index (κ1) is 33.5. The molecule has 0 N–H and O–H groups in total. The first-order valence-corrected chi connectivity index (χ1v) is 21.0. The average molecular weight is 762 g/mol. The van der Waals surface area contributed by atoms with Gasteiger partial charge < -0.3 is 4.90 Å². The largest absolute Gasteiger partial charge is 0.310 e. The van der Waals surface area contributed by atoms with Gasteiger partial charge in [-0.05, 0) is 93.0 Å². The number of thiophene rings is 2. The lowest BCUT2D eigenvalue weighted by molar-refractivity contribution is 1.28. The van der Waals surface area contributed by atoms with Crippen molar-refractivity contribution in [1.29, 1.82) is 0 Å². The van der Waals surface area contributed by atoms with E-state index in [0.717, 1.165) is 17.1 Å². The lowest BCUT2D eigenvalue weighted by Gasteiger charge is -2.27. The fourth-order valence-electron chi connectivity index (χ4n) is 8.42. The normalized spacial score (nSPS) is 11.5. The number of nitrogens with zero attached hydrogens (tertiary/aromatic N) is 1. The number of fused-ring (bicyclic) bond motifs is 6. The first-order valence-electron chi connectivity index (χ1n) is 19.3. The van der Waals surface area contributed by atoms with Gasteiger partial charge in [0.15, 0.2) is 0 Å². The van der Waals surface area contributed by atoms with Gasteiger partial charge in [0.05, 0.1) is 0 Å². The molecule has 57 heavy (non-hydrogen) atoms. The Labute approximate surface area is 340 Å². The molecule has 0 unspecified atom stereocenters. The Morgan fingerprint density at radius 1 is 0.263 bits per heavy atom. The Kier molecular flexibility index (Phi) is 8.28. The molecular weight excluding hydrogens is 727 g/mol. The number of benzene rings is 9. The fourth-order valence-corrected chi connectivity index (χ4v) is 10.9. The second-order valence-corrected chi connectivity index (χ2v) is 16.6. The van der Waals surface area contributed by atoms with Crippen LogP contribution in [0.2, 0.25) is 0 Å². The van der Waals surface area contributed by atoms with Gasteiger partial charge in [0, 0.05) is 57.4 Å². The molecule has 0 atom stereocenters. The van der Waals surface area contributed by atoms with Gasteiger partial charge in [0.2, 0.25) is 0 Å². The molecule has 0 amide bonds. The third-order valence-corrected chi connectivity index (χ3v) is 13.5. The molecule has 1 nitrogen and oxygen atoms in total. The van der Waals surface area contributed by atoms with Gasteiger partial charge in [-0.15, -0.1) is 22.7 Å². The van der Waals surface area contributed by atoms with E-state index in [-0.39, 0.29) is 0 Å². The third-order valence-electron chi connectivity index (χ3n) is 11.1. The summed E-state index contributed by atoms with van der Waals surface area (Å²) in [6.07, 6.45) is 0. The maximum absolute atomic E-state index is 2.41. The van der Waals surface area contributed by atoms with Crippen LogP contribution in [0.3, 0.4) is 0 Å². The molecule has 2 heterocycles. The summed E-state index contributed by atoms with van der Waals surface area (Å²) >= 11 is 3.76. The highest BCUT2D eigenvalue weighted by Gasteiger charge is 2.18. The maximum atomic E-state index is 2.41. The molecule has 0 aliphatic carbocycles. The topological polar surface area (TPSA) is 3.24 Å². The highest BCUT2D eigenvalue weighted by molar-refractivity contribution is 7.26. The molecule has 0 radical (unpaired) electrons. The van der Waals surface area contributed by atoms with Crippen LogP contribution >= 0.6 is 22.7 Å². The second-order valence-electron chi connectivity index (χ2n) is 14.5. The molecule has 0 saturated carbocycles. The molecule has 9 aromatic carbocycles. The van der Waals surface area contributed by atoms with E-state index in [1.165, 1.54) is 84.9 Å². The van der Waals surface area contributed by atoms with E-state index < -0.39 is 0 Å². The molecule has 3 heteroatoms. The lowest BCUT2D eigenvalue weighted by Crippen LogP contribution is -2.10. The molecule has 0 bridgehead atoms. The minimum atomic E-state index is 1.10. The molecule has 0 saturated heterocycles. The van der Waals surface area contributed by atoms with Crippen molar-refractivity contribution in [3.05, 3.63) is 212 Å². The molecule has 0 spiro atoms. The van der Waals surface area contributed by atoms with Crippen LogP contribution in [0.5, 0.6) is 0 Å². The van der Waals surface area contributed by atoms with Gasteiger partial charge in [0.25, 0.3) is 0 Å². The van der Waals surface area contributed by atoms with Crippen molar-refractivity contribution < 1.29 is 0 Å². The van der Waals surface area contributed by atoms with Crippen molar-refractivity contribution in [3.8, 4) is 44.5 Å². The van der Waals surface area contributed by atoms with Crippen molar-refractivity contribution in [2.75, 3.05) is 4.90 Å². The number of anilines is 3. The van der Waals surface area contributed by atoms with Crippen molar-refractivity contribution in [1.82, 2.24) is 0 Å². The van der Waals surface area contributed by atoms with Gasteiger partial charge in [0.1, 0.15) is 0 Å². The zero-order valence-corrected chi connectivity index (χ0v) is 32.6. The van der Waals surface area contributed by atoms with Crippen molar-refractivity contribution in [2.45, 2.75) is 0 Å². The minimum absolute atomic E-state index is 1.10. The summed E-state index contributed by atoms with van der Waals surface area (Å²) in [5, 5.41) is 5.25. The van der Waals surface area contributed by atoms with Gasteiger partial charge in [-0.25, -0.2) is 0 Å². The summed E-state index contributed by atoms with van der Waals surface area (Å²) in [5.41, 5.74) is 13.1. The summed E-state index contributed by atoms with van der Waals surface area (Å²) in [6, 6.07) is 77.5. The van der Waals surface area contributed by atoms with Crippen molar-refractivity contribution >= 4 is 80.1 Å². The Morgan fingerprint density at radius 3 is 1.21 bits per heavy atom. The molecular formula is C54H35NS2. The summed E-state index contributed by atoms with van der Waals surface area (Å²) in [7, 11) is 0. The van der Waals surface area contributed by atoms with Crippen LogP contribution < -0.4 is 4.90 Å². The third kappa shape index (κ3) is 5.91. The number of hydrogen-bond acceptors (Lipinski definition) is 3. The van der Waals surface area contributed by atoms with Crippen LogP contribution in [-0.2, 0) is 0 Å². The zero-order chi connectivity index (χ0) is 37.7. The van der Waals surface area contributed by atoms with E-state index in [4.69, 9.17) is 0 Å². The quantitative estimate of drug-likeness (QED) is 0.156. The Bertz CT molecular complexity index is 3090. The Morgan fingerprint density at radius 2 is 0.667 bits per heavy atom. The van der Waals surface area contributed by atoms with Gasteiger partial charge in [-0.1, -0.05) is 164 Å². The highest BCUT2D eigenvalue weighted by Crippen LogP contribution is 2.45. The average Bonchev–Trinajstić information content (AvgIpc) is 3.86. The van der Waals surface area contributed by atoms with E-state index >= 15 is 0 Å². The first-order chi connectivity index (χ1) is 28.3. The molecule has 0 fully saturated rings. The van der Waals surface area contributed by atoms with Crippen LogP contribution in [0.1, 0.15) is 0 Å². The Hall–Kier alpha value is -6.78. The van der Waals surface area contributed by atoms with Gasteiger partial charge >= 0.3 is 0 Å². The van der Waals surface area contributed by atoms with Gasteiger partial charge in [-0.2, -0.15) is 0 Å². The molecule has 11 rings (SSSR count). The fraction of sp³-hybridized carbons (Fsp3) is 0. The van der Waals surface area contributed by atoms with Crippen molar-refractivity contribution in [3.63, 3.8) is 0 Å². The minimum Gasteiger partial charge on any atom is -0.310 e. The molecule has 11 aromatic rings. The molecule has 2 aromatic heterocycles. The summed E-state index contributed by atoms with van der Waals surface area (Å²) in [6.45, 7) is 0. The summed E-state index contributed by atoms with van der Waals surface area (Å²) < 4.78 is 5.28. The lowest BCUT2D eigenvalue weighted by atomic mass is 9.94. The standard InChI is InChI=1S/C54H35NS2/c1-2-14-36(15-3-1)43-20-4-5-21-44(43)37-30-32-40(33-31-37)55(41-18-10-16-38(34-41)45-24-12-26-49-47-22-6-8-28-51(47)56-53(45)49)42-19-11-17-39(35-42)46-25-13-27-50-48-23-7-9-29-52(48)57-54(46)50/h1-35H. The number of hydrogen-bond donors (Lipinski definition) is 0. The second kappa shape index (κ2) is 14.1. The Balaban J connectivity index is 1.06. The zero-order valence-electron chi connectivity index (χ0n) is 31.0. The van der Waals surface area contributed by atoms with Gasteiger partial charge in [-0.3, -0.25) is 0 Å². The summed E-state index contributed by atoms with van der Waals surface area (Å²) in [5.74, 6) is 0. The van der Waals surface area contributed by atoms with E-state index in [2.05, 4.69) is 217 Å². The monoisotopic (exact) mass is 761 g/mol. The predicted molar refractivity (Wildman–Crippen MR) is 249 cm³/mol. The van der Waals surface area contributed by atoms with Crippen molar-refractivity contribution in [2.24, 2.45) is 0 Å². The molecule has 0 aliphatic heterocycles. The van der Waals surface area contributed by atoms with Crippen LogP contribution in [0.4, 0.5) is 17.1 Å².